The van der Waals surface area contributed by atoms with Crippen LogP contribution in [0.3, 0.4) is 0 Å². The first-order chi connectivity index (χ1) is 6.16. The highest BCUT2D eigenvalue weighted by Gasteiger charge is 2.07. The summed E-state index contributed by atoms with van der Waals surface area (Å²) in [6, 6.07) is 5.88. The number of nitrogens with two attached hydrogens (primary N) is 1. The number of ether oxygens (including phenoxy) is 1. The number of methoxy groups -OCH3 is 1. The molecule has 0 amide bonds. The number of nitrogens with zero attached hydrogens (tertiary/aromatic N) is 1. The van der Waals surface area contributed by atoms with Crippen molar-refractivity contribution in [2.75, 3.05) is 19.2 Å². The second kappa shape index (κ2) is 4.60. The van der Waals surface area contributed by atoms with E-state index in [4.69, 9.17) is 10.6 Å². The topological polar surface area (TPSA) is 38.5 Å². The molecule has 0 aliphatic heterocycles. The first-order valence-corrected chi connectivity index (χ1v) is 4.71. The summed E-state index contributed by atoms with van der Waals surface area (Å²) in [5.74, 6) is 5.67. The Labute approximate surface area is 86.6 Å². The van der Waals surface area contributed by atoms with Gasteiger partial charge in [0.2, 0.25) is 0 Å². The lowest BCUT2D eigenvalue weighted by Crippen LogP contribution is -2.26. The molecular formula is C9H13BrN2O. The van der Waals surface area contributed by atoms with Crippen molar-refractivity contribution in [1.82, 2.24) is 0 Å². The van der Waals surface area contributed by atoms with Crippen LogP contribution in [-0.2, 0) is 11.3 Å². The van der Waals surface area contributed by atoms with E-state index in [-0.39, 0.29) is 0 Å². The highest BCUT2D eigenvalue weighted by Crippen LogP contribution is 2.26. The van der Waals surface area contributed by atoms with Crippen molar-refractivity contribution < 1.29 is 4.74 Å². The molecule has 2 N–H and O–H groups in total. The Morgan fingerprint density at radius 3 is 2.77 bits per heavy atom. The third kappa shape index (κ3) is 2.43. The van der Waals surface area contributed by atoms with Gasteiger partial charge in [-0.25, -0.2) is 5.84 Å². The predicted molar refractivity (Wildman–Crippen MR) is 57.4 cm³/mol. The molecule has 1 rings (SSSR count). The Balaban J connectivity index is 3.09. The Kier molecular flexibility index (Phi) is 3.71. The molecule has 0 fully saturated rings. The average Bonchev–Trinajstić information content (AvgIpc) is 2.08. The van der Waals surface area contributed by atoms with Gasteiger partial charge in [0.15, 0.2) is 0 Å². The van der Waals surface area contributed by atoms with Gasteiger partial charge >= 0.3 is 0 Å². The molecule has 0 spiro atoms. The molecule has 0 saturated carbocycles. The van der Waals surface area contributed by atoms with Crippen LogP contribution in [0, 0.1) is 0 Å². The minimum absolute atomic E-state index is 0.554. The molecule has 3 nitrogen and oxygen atoms in total. The zero-order chi connectivity index (χ0) is 9.84. The Morgan fingerprint density at radius 2 is 2.23 bits per heavy atom. The normalized spacial score (nSPS) is 10.2. The smallest absolute Gasteiger partial charge is 0.0744 e. The van der Waals surface area contributed by atoms with Crippen LogP contribution in [0.1, 0.15) is 5.56 Å². The van der Waals surface area contributed by atoms with E-state index < -0.39 is 0 Å². The fourth-order valence-corrected chi connectivity index (χ4v) is 1.64. The van der Waals surface area contributed by atoms with Gasteiger partial charge in [0, 0.05) is 24.2 Å². The van der Waals surface area contributed by atoms with Crippen LogP contribution in [0.25, 0.3) is 0 Å². The maximum absolute atomic E-state index is 5.67. The fourth-order valence-electron chi connectivity index (χ4n) is 1.16. The van der Waals surface area contributed by atoms with E-state index in [1.54, 1.807) is 19.2 Å². The number of hydrogen-bond donors (Lipinski definition) is 1. The molecule has 0 atom stereocenters. The van der Waals surface area contributed by atoms with Crippen molar-refractivity contribution in [3.8, 4) is 0 Å². The average molecular weight is 245 g/mol. The summed E-state index contributed by atoms with van der Waals surface area (Å²) in [4.78, 5) is 0. The molecule has 72 valence electrons. The molecule has 1 aromatic rings. The zero-order valence-corrected chi connectivity index (χ0v) is 9.34. The minimum atomic E-state index is 0.554. The number of anilines is 1. The molecule has 13 heavy (non-hydrogen) atoms. The molecule has 0 radical (unpaired) electrons. The highest BCUT2D eigenvalue weighted by molar-refractivity contribution is 9.10. The fraction of sp³-hybridized carbons (Fsp3) is 0.333. The quantitative estimate of drug-likeness (QED) is 0.653. The maximum Gasteiger partial charge on any atom is 0.0744 e. The van der Waals surface area contributed by atoms with Gasteiger partial charge in [0.05, 0.1) is 12.3 Å². The monoisotopic (exact) mass is 244 g/mol. The molecule has 4 heteroatoms. The Morgan fingerprint density at radius 1 is 1.54 bits per heavy atom. The number of benzene rings is 1. The number of hydrogen-bond acceptors (Lipinski definition) is 3. The van der Waals surface area contributed by atoms with Crippen LogP contribution in [0.2, 0.25) is 0 Å². The van der Waals surface area contributed by atoms with Crippen LogP contribution >= 0.6 is 15.9 Å². The van der Waals surface area contributed by atoms with Gasteiger partial charge < -0.3 is 9.75 Å². The number of hydrazine groups is 1. The van der Waals surface area contributed by atoms with E-state index in [2.05, 4.69) is 15.9 Å². The van der Waals surface area contributed by atoms with Gasteiger partial charge in [-0.3, -0.25) is 0 Å². The summed E-state index contributed by atoms with van der Waals surface area (Å²) in [6.07, 6.45) is 0. The van der Waals surface area contributed by atoms with Gasteiger partial charge in [0.1, 0.15) is 0 Å². The Hall–Kier alpha value is -0.580. The summed E-state index contributed by atoms with van der Waals surface area (Å²) in [7, 11) is 3.47. The molecule has 0 aliphatic carbocycles. The Bertz CT molecular complexity index is 289. The van der Waals surface area contributed by atoms with Crippen molar-refractivity contribution >= 4 is 21.6 Å². The highest BCUT2D eigenvalue weighted by atomic mass is 79.9. The van der Waals surface area contributed by atoms with Crippen LogP contribution in [0.5, 0.6) is 0 Å². The van der Waals surface area contributed by atoms with E-state index >= 15 is 0 Å². The first-order valence-electron chi connectivity index (χ1n) is 3.91. The molecule has 0 heterocycles. The summed E-state index contributed by atoms with van der Waals surface area (Å²) < 4.78 is 6.11. The van der Waals surface area contributed by atoms with E-state index in [1.165, 1.54) is 0 Å². The number of rotatable bonds is 3. The van der Waals surface area contributed by atoms with Crippen molar-refractivity contribution in [2.24, 2.45) is 5.84 Å². The van der Waals surface area contributed by atoms with E-state index in [9.17, 15) is 0 Å². The van der Waals surface area contributed by atoms with Crippen molar-refractivity contribution in [2.45, 2.75) is 6.61 Å². The van der Waals surface area contributed by atoms with Gasteiger partial charge in [-0.15, -0.1) is 0 Å². The second-order valence-corrected chi connectivity index (χ2v) is 3.64. The SMILES string of the molecule is COCc1c(Br)cccc1N(C)N. The molecule has 0 saturated heterocycles. The lowest BCUT2D eigenvalue weighted by molar-refractivity contribution is 0.184. The first kappa shape index (κ1) is 10.5. The summed E-state index contributed by atoms with van der Waals surface area (Å²) in [6.45, 7) is 0.554. The van der Waals surface area contributed by atoms with E-state index in [0.29, 0.717) is 6.61 Å². The summed E-state index contributed by atoms with van der Waals surface area (Å²) >= 11 is 3.45. The van der Waals surface area contributed by atoms with Crippen LogP contribution in [-0.4, -0.2) is 14.2 Å². The minimum Gasteiger partial charge on any atom is -0.380 e. The molecule has 0 aromatic heterocycles. The van der Waals surface area contributed by atoms with Crippen LogP contribution in [0.4, 0.5) is 5.69 Å². The number of halogens is 1. The predicted octanol–water partition coefficient (Wildman–Crippen LogP) is 1.91. The van der Waals surface area contributed by atoms with Crippen LogP contribution < -0.4 is 10.9 Å². The summed E-state index contributed by atoms with van der Waals surface area (Å²) in [5.41, 5.74) is 2.03. The van der Waals surface area contributed by atoms with Crippen molar-refractivity contribution in [3.63, 3.8) is 0 Å². The van der Waals surface area contributed by atoms with Crippen LogP contribution in [0.15, 0.2) is 22.7 Å². The molecule has 0 bridgehead atoms. The largest absolute Gasteiger partial charge is 0.380 e. The molecule has 0 aliphatic rings. The van der Waals surface area contributed by atoms with Crippen molar-refractivity contribution in [3.05, 3.63) is 28.2 Å². The van der Waals surface area contributed by atoms with Crippen molar-refractivity contribution in [1.29, 1.82) is 0 Å². The summed E-state index contributed by atoms with van der Waals surface area (Å²) in [5, 5.41) is 1.58. The second-order valence-electron chi connectivity index (χ2n) is 2.78. The zero-order valence-electron chi connectivity index (χ0n) is 7.75. The van der Waals surface area contributed by atoms with Gasteiger partial charge in [0.25, 0.3) is 0 Å². The molecular weight excluding hydrogens is 232 g/mol. The van der Waals surface area contributed by atoms with E-state index in [1.807, 2.05) is 18.2 Å². The third-order valence-corrected chi connectivity index (χ3v) is 2.51. The molecule has 1 aromatic carbocycles. The standard InChI is InChI=1S/C9H13BrN2O/c1-12(11)9-5-3-4-8(10)7(9)6-13-2/h3-5H,6,11H2,1-2H3. The van der Waals surface area contributed by atoms with Gasteiger partial charge in [-0.2, -0.15) is 0 Å². The lowest BCUT2D eigenvalue weighted by atomic mass is 10.2. The maximum atomic E-state index is 5.67. The van der Waals surface area contributed by atoms with E-state index in [0.717, 1.165) is 15.7 Å². The van der Waals surface area contributed by atoms with Gasteiger partial charge in [-0.05, 0) is 12.1 Å². The lowest BCUT2D eigenvalue weighted by Gasteiger charge is -2.17. The van der Waals surface area contributed by atoms with Gasteiger partial charge in [-0.1, -0.05) is 22.0 Å². The third-order valence-electron chi connectivity index (χ3n) is 1.76. The molecule has 0 unspecified atom stereocenters.